The van der Waals surface area contributed by atoms with Gasteiger partial charge in [-0.15, -0.1) is 44.1 Å². The summed E-state index contributed by atoms with van der Waals surface area (Å²) in [5.74, 6) is 0. The maximum absolute atomic E-state index is 5.98. The van der Waals surface area contributed by atoms with Crippen molar-refractivity contribution in [3.8, 4) is 55.6 Å². The molecule has 10 aromatic rings. The molecule has 0 saturated carbocycles. The zero-order valence-electron chi connectivity index (χ0n) is 66.5. The largest absolute Gasteiger partial charge is 2.00 e. The Balaban J connectivity index is 0.00000526. The van der Waals surface area contributed by atoms with Crippen molar-refractivity contribution < 1.29 is 33.0 Å². The third-order valence-electron chi connectivity index (χ3n) is 20.9. The molecule has 10 heteroatoms. The minimum absolute atomic E-state index is 0. The molecule has 10 heterocycles. The second kappa shape index (κ2) is 27.1. The Kier molecular flexibility index (Phi) is 19.6. The van der Waals surface area contributed by atoms with Crippen LogP contribution in [0.3, 0.4) is 0 Å². The number of nitrogens with zero attached hydrogens (tertiary/aromatic N) is 8. The molecule has 6 aromatic heterocycles. The van der Waals surface area contributed by atoms with Crippen molar-refractivity contribution in [1.82, 2.24) is 39.9 Å². The Bertz CT molecular complexity index is 5490. The molecule has 16 bridgehead atoms. The van der Waals surface area contributed by atoms with E-state index in [0.717, 1.165) is 140 Å². The third kappa shape index (κ3) is 15.4. The summed E-state index contributed by atoms with van der Waals surface area (Å²) >= 11 is 0. The fraction of sp³-hybridized carbons (Fsp3) is 0.333. The molecule has 106 heavy (non-hydrogen) atoms. The zero-order chi connectivity index (χ0) is 74.5. The molecule has 0 unspecified atom stereocenters. The number of fused-ring (bicyclic) bond motifs is 16. The second-order valence-corrected chi connectivity index (χ2v) is 37.7. The van der Waals surface area contributed by atoms with Crippen LogP contribution in [0.4, 0.5) is 0 Å². The van der Waals surface area contributed by atoms with Crippen LogP contribution in [-0.4, -0.2) is 19.9 Å². The predicted molar refractivity (Wildman–Crippen MR) is 444 cm³/mol. The fourth-order valence-electron chi connectivity index (χ4n) is 14.3. The molecule has 0 N–H and O–H groups in total. The first kappa shape index (κ1) is 76.7. The van der Waals surface area contributed by atoms with E-state index < -0.39 is 0 Å². The van der Waals surface area contributed by atoms with Crippen molar-refractivity contribution in [3.05, 3.63) is 224 Å². The quantitative estimate of drug-likeness (QED) is 0.157. The Hall–Kier alpha value is -8.93. The van der Waals surface area contributed by atoms with Crippen LogP contribution in [0.15, 0.2) is 133 Å². The topological polar surface area (TPSA) is 108 Å². The van der Waals surface area contributed by atoms with Gasteiger partial charge < -0.3 is 19.9 Å². The van der Waals surface area contributed by atoms with E-state index in [9.17, 15) is 0 Å². The van der Waals surface area contributed by atoms with Crippen LogP contribution in [-0.2, 0) is 76.3 Å². The molecule has 4 aliphatic heterocycles. The van der Waals surface area contributed by atoms with Gasteiger partial charge in [0.25, 0.3) is 0 Å². The number of rotatable bonds is 5. The van der Waals surface area contributed by atoms with E-state index >= 15 is 0 Å². The minimum atomic E-state index is -0.188. The third-order valence-corrected chi connectivity index (χ3v) is 20.9. The van der Waals surface area contributed by atoms with Crippen molar-refractivity contribution in [2.75, 3.05) is 0 Å². The van der Waals surface area contributed by atoms with Crippen molar-refractivity contribution in [2.45, 2.75) is 209 Å². The molecule has 0 spiro atoms. The van der Waals surface area contributed by atoms with Gasteiger partial charge in [-0.2, -0.15) is 0 Å². The minimum Gasteiger partial charge on any atom is -0.657 e. The molecule has 546 valence electrons. The van der Waals surface area contributed by atoms with Crippen LogP contribution >= 0.6 is 0 Å². The predicted octanol–water partition coefficient (Wildman–Crippen LogP) is 24.9. The van der Waals surface area contributed by atoms with Crippen LogP contribution in [0.2, 0.25) is 0 Å². The molecule has 14 rings (SSSR count). The summed E-state index contributed by atoms with van der Waals surface area (Å²) < 4.78 is 0. The number of hydrogen-bond acceptors (Lipinski definition) is 4. The van der Waals surface area contributed by atoms with E-state index in [1.165, 1.54) is 44.5 Å². The molecule has 0 amide bonds. The van der Waals surface area contributed by atoms with Gasteiger partial charge in [-0.05, 0) is 192 Å². The van der Waals surface area contributed by atoms with Crippen molar-refractivity contribution >= 4 is 92.7 Å². The van der Waals surface area contributed by atoms with E-state index in [-0.39, 0.29) is 76.3 Å². The first-order chi connectivity index (χ1) is 48.5. The van der Waals surface area contributed by atoms with Gasteiger partial charge in [-0.1, -0.05) is 300 Å². The van der Waals surface area contributed by atoms with Gasteiger partial charge in [-0.3, -0.25) is 0 Å². The van der Waals surface area contributed by atoms with Crippen LogP contribution in [0.1, 0.15) is 256 Å². The summed E-state index contributed by atoms with van der Waals surface area (Å²) in [4.78, 5) is 45.6. The fourth-order valence-corrected chi connectivity index (χ4v) is 14.3. The average Bonchev–Trinajstić information content (AvgIpc) is 1.59. The first-order valence-corrected chi connectivity index (χ1v) is 37.2. The monoisotopic (exact) mass is 1480 g/mol. The Morgan fingerprint density at radius 3 is 0.755 bits per heavy atom. The molecule has 4 aromatic carbocycles. The Labute approximate surface area is 649 Å². The summed E-state index contributed by atoms with van der Waals surface area (Å²) in [6.07, 6.45) is 17.2. The van der Waals surface area contributed by atoms with Gasteiger partial charge in [0, 0.05) is 0 Å². The first-order valence-electron chi connectivity index (χ1n) is 37.2. The smallest absolute Gasteiger partial charge is 0.657 e. The van der Waals surface area contributed by atoms with E-state index in [0.29, 0.717) is 5.52 Å². The van der Waals surface area contributed by atoms with Crippen molar-refractivity contribution in [2.24, 2.45) is 0 Å². The average molecular weight is 1490 g/mol. The second-order valence-electron chi connectivity index (χ2n) is 37.7. The van der Waals surface area contributed by atoms with Crippen LogP contribution in [0, 0.1) is 0 Å². The van der Waals surface area contributed by atoms with Gasteiger partial charge in [0.2, 0.25) is 0 Å². The van der Waals surface area contributed by atoms with Crippen LogP contribution in [0.25, 0.3) is 148 Å². The molecule has 0 saturated heterocycles. The Morgan fingerprint density at radius 1 is 0.208 bits per heavy atom. The molecule has 0 fully saturated rings. The van der Waals surface area contributed by atoms with E-state index in [1.807, 2.05) is 0 Å². The molecule has 4 aliphatic rings. The molecule has 0 aliphatic carbocycles. The van der Waals surface area contributed by atoms with Crippen LogP contribution in [0.5, 0.6) is 0 Å². The van der Waals surface area contributed by atoms with Gasteiger partial charge in [-0.25, -0.2) is 19.9 Å². The van der Waals surface area contributed by atoms with Gasteiger partial charge in [0.15, 0.2) is 0 Å². The maximum Gasteiger partial charge on any atom is 2.00 e. The molecule has 8 nitrogen and oxygen atoms in total. The van der Waals surface area contributed by atoms with Gasteiger partial charge in [0.05, 0.1) is 45.6 Å². The van der Waals surface area contributed by atoms with Crippen LogP contribution < -0.4 is 19.9 Å². The van der Waals surface area contributed by atoms with Crippen molar-refractivity contribution in [3.63, 3.8) is 0 Å². The molecule has 0 atom stereocenters. The standard InChI is InChI=1S/C96H102N8.2Ni/c1-89(2,3)59-39-55(40-60(47-59)90(4,5)6)84-73-30-25-67(97-73)52-70-28-33-77(100-70)87(58-45-65(95(19,20)21)50-66(46-58)96(22,23)24)83-54-72(82(104-83)53-71-29-34-74(84)101-71)88-80-37-35-78(102-80)85(56-41-61(91(7,8)9)48-62(42-56)92(10,11)12)75-31-26-68(98-75)51-69-27-32-76(99-69)86(79-36-38-81(88)103-79)57-43-63(93(13,14)15)49-64(44-57)94(16,17)18;;/h25-54H,1-24H3;;/q-4;2*+2. The van der Waals surface area contributed by atoms with Gasteiger partial charge in [0.1, 0.15) is 0 Å². The van der Waals surface area contributed by atoms with Crippen molar-refractivity contribution in [1.29, 1.82) is 0 Å². The summed E-state index contributed by atoms with van der Waals surface area (Å²) in [7, 11) is 0. The number of aromatic nitrogens is 8. The molecular weight excluding hydrogens is 1380 g/mol. The number of benzene rings is 4. The SMILES string of the molecule is CC(C)(C)c1cc(-c2c3nc(cc4[n-]c(cc4-c4c5nc(c(-c6cc(C(C)(C)C)cc(C(C)(C)C)c6)c6ccc(cc7nc(c(-c8cc(C(C)(C)C)cc(C(C)(C)C)c8)c8ccc4[n-]8)C=C7)[n-]6)C=C5)c(-c4cc(C(C)(C)C)cc(C(C)(C)C)c4)c4nc(cc5ccc2[n-]5)C=C4)C=C3)cc(C(C)(C)C)c1.[Ni+2].[Ni+2]. The van der Waals surface area contributed by atoms with E-state index in [4.69, 9.17) is 39.9 Å². The normalized spacial score (nSPS) is 13.5. The number of hydrogen-bond donors (Lipinski definition) is 0. The zero-order valence-corrected chi connectivity index (χ0v) is 68.5. The summed E-state index contributed by atoms with van der Waals surface area (Å²) in [6, 6.07) is 49.9. The molecule has 0 radical (unpaired) electrons. The van der Waals surface area contributed by atoms with E-state index in [2.05, 4.69) is 348 Å². The van der Waals surface area contributed by atoms with E-state index in [1.54, 1.807) is 0 Å². The Morgan fingerprint density at radius 2 is 0.443 bits per heavy atom. The summed E-state index contributed by atoms with van der Waals surface area (Å²) in [5.41, 5.74) is 30.8. The summed E-state index contributed by atoms with van der Waals surface area (Å²) in [5, 5.41) is 0. The van der Waals surface area contributed by atoms with Gasteiger partial charge >= 0.3 is 33.0 Å². The molecular formula is C96H102N8Ni2. The maximum atomic E-state index is 5.98. The summed E-state index contributed by atoms with van der Waals surface area (Å²) in [6.45, 7) is 55.1.